The van der Waals surface area contributed by atoms with Crippen LogP contribution in [0.2, 0.25) is 0 Å². The van der Waals surface area contributed by atoms with Gasteiger partial charge >= 0.3 is 0 Å². The number of hydrogen-bond acceptors (Lipinski definition) is 4. The van der Waals surface area contributed by atoms with Gasteiger partial charge in [-0.1, -0.05) is 36.4 Å². The third kappa shape index (κ3) is 2.08. The second-order valence-electron chi connectivity index (χ2n) is 4.68. The van der Waals surface area contributed by atoms with Gasteiger partial charge in [0.2, 0.25) is 5.95 Å². The molecule has 2 aromatic carbocycles. The van der Waals surface area contributed by atoms with Crippen LogP contribution in [0.15, 0.2) is 59.4 Å². The number of H-pyrrole nitrogens is 1. The Bertz CT molecular complexity index is 989. The van der Waals surface area contributed by atoms with Crippen LogP contribution >= 0.6 is 11.3 Å². The number of benzene rings is 2. The van der Waals surface area contributed by atoms with Gasteiger partial charge in [-0.05, 0) is 18.2 Å². The van der Waals surface area contributed by atoms with Crippen LogP contribution in [0, 0.1) is 0 Å². The number of anilines is 2. The minimum Gasteiger partial charge on any atom is -0.326 e. The van der Waals surface area contributed by atoms with Crippen LogP contribution in [-0.4, -0.2) is 9.97 Å². The summed E-state index contributed by atoms with van der Waals surface area (Å²) in [5.74, 6) is 0.460. The number of nitrogens with one attached hydrogen (secondary N) is 2. The van der Waals surface area contributed by atoms with Crippen molar-refractivity contribution in [2.45, 2.75) is 0 Å². The fraction of sp³-hybridized carbons (Fsp3) is 0. The van der Waals surface area contributed by atoms with Crippen molar-refractivity contribution in [3.05, 3.63) is 65.0 Å². The van der Waals surface area contributed by atoms with Crippen molar-refractivity contribution < 1.29 is 0 Å². The summed E-state index contributed by atoms with van der Waals surface area (Å²) in [6.45, 7) is 0. The van der Waals surface area contributed by atoms with Crippen LogP contribution in [0.1, 0.15) is 0 Å². The van der Waals surface area contributed by atoms with E-state index in [4.69, 9.17) is 0 Å². The molecule has 0 amide bonds. The number of aromatic nitrogens is 2. The van der Waals surface area contributed by atoms with Gasteiger partial charge in [-0.15, -0.1) is 11.3 Å². The normalized spacial score (nSPS) is 11.0. The minimum atomic E-state index is -0.111. The summed E-state index contributed by atoms with van der Waals surface area (Å²) in [5.41, 5.74) is 1.52. The lowest BCUT2D eigenvalue weighted by Gasteiger charge is -2.04. The van der Waals surface area contributed by atoms with E-state index in [0.29, 0.717) is 10.6 Å². The molecule has 0 aliphatic rings. The molecule has 2 N–H and O–H groups in total. The maximum Gasteiger partial charge on any atom is 0.270 e. The summed E-state index contributed by atoms with van der Waals surface area (Å²) >= 11 is 1.47. The molecule has 0 atom stereocenters. The quantitative estimate of drug-likeness (QED) is 0.589. The van der Waals surface area contributed by atoms with Crippen LogP contribution in [0.25, 0.3) is 20.3 Å². The van der Waals surface area contributed by atoms with Gasteiger partial charge in [0, 0.05) is 15.8 Å². The highest BCUT2D eigenvalue weighted by atomic mass is 32.1. The van der Waals surface area contributed by atoms with Crippen LogP contribution in [0.5, 0.6) is 0 Å². The fourth-order valence-electron chi connectivity index (χ4n) is 2.32. The first-order valence-electron chi connectivity index (χ1n) is 6.55. The third-order valence-corrected chi connectivity index (χ3v) is 4.43. The van der Waals surface area contributed by atoms with Crippen molar-refractivity contribution in [1.29, 1.82) is 0 Å². The summed E-state index contributed by atoms with van der Waals surface area (Å²) in [5, 5.41) is 4.14. The standard InChI is InChI=1S/C16H11N3OS/c20-15-14-13(11-8-4-5-9-12(11)21-14)18-16(19-15)17-10-6-2-1-3-7-10/h1-9H,(H2,17,18,19,20). The van der Waals surface area contributed by atoms with Crippen molar-refractivity contribution in [2.75, 3.05) is 5.32 Å². The van der Waals surface area contributed by atoms with E-state index in [1.165, 1.54) is 11.3 Å². The molecular weight excluding hydrogens is 282 g/mol. The summed E-state index contributed by atoms with van der Waals surface area (Å²) in [4.78, 5) is 19.6. The molecule has 0 saturated carbocycles. The molecule has 0 aliphatic carbocycles. The Morgan fingerprint density at radius 1 is 1.00 bits per heavy atom. The first-order chi connectivity index (χ1) is 10.3. The van der Waals surface area contributed by atoms with E-state index < -0.39 is 0 Å². The molecule has 2 aromatic heterocycles. The van der Waals surface area contributed by atoms with Gasteiger partial charge < -0.3 is 5.32 Å². The number of aromatic amines is 1. The maximum atomic E-state index is 12.2. The third-order valence-electron chi connectivity index (χ3n) is 3.27. The minimum absolute atomic E-state index is 0.111. The number of fused-ring (bicyclic) bond motifs is 3. The van der Waals surface area contributed by atoms with Crippen LogP contribution < -0.4 is 10.9 Å². The van der Waals surface area contributed by atoms with E-state index in [2.05, 4.69) is 15.3 Å². The van der Waals surface area contributed by atoms with Crippen molar-refractivity contribution in [1.82, 2.24) is 9.97 Å². The first-order valence-corrected chi connectivity index (χ1v) is 7.36. The second-order valence-corrected chi connectivity index (χ2v) is 5.73. The van der Waals surface area contributed by atoms with Crippen molar-refractivity contribution in [3.63, 3.8) is 0 Å². The predicted octanol–water partition coefficient (Wildman–Crippen LogP) is 3.88. The van der Waals surface area contributed by atoms with Crippen LogP contribution in [-0.2, 0) is 0 Å². The molecule has 2 heterocycles. The highest BCUT2D eigenvalue weighted by molar-refractivity contribution is 7.25. The lowest BCUT2D eigenvalue weighted by molar-refractivity contribution is 1.18. The Morgan fingerprint density at radius 3 is 2.62 bits per heavy atom. The zero-order chi connectivity index (χ0) is 14.2. The van der Waals surface area contributed by atoms with Crippen LogP contribution in [0.4, 0.5) is 11.6 Å². The Morgan fingerprint density at radius 2 is 1.76 bits per heavy atom. The molecule has 0 saturated heterocycles. The van der Waals surface area contributed by atoms with Gasteiger partial charge in [0.1, 0.15) is 4.70 Å². The van der Waals surface area contributed by atoms with E-state index in [0.717, 1.165) is 21.3 Å². The van der Waals surface area contributed by atoms with Gasteiger partial charge in [0.05, 0.1) is 5.52 Å². The fourth-order valence-corrected chi connectivity index (χ4v) is 3.36. The van der Waals surface area contributed by atoms with Gasteiger partial charge in [-0.25, -0.2) is 4.98 Å². The number of nitrogens with zero attached hydrogens (tertiary/aromatic N) is 1. The Labute approximate surface area is 124 Å². The summed E-state index contributed by atoms with van der Waals surface area (Å²) in [6.07, 6.45) is 0. The molecule has 0 fully saturated rings. The lowest BCUT2D eigenvalue weighted by atomic mass is 10.2. The molecule has 4 rings (SSSR count). The Kier molecular flexibility index (Phi) is 2.72. The molecule has 0 aliphatic heterocycles. The highest BCUT2D eigenvalue weighted by Gasteiger charge is 2.10. The molecule has 0 unspecified atom stereocenters. The summed E-state index contributed by atoms with van der Waals surface area (Å²) < 4.78 is 1.73. The van der Waals surface area contributed by atoms with E-state index in [1.54, 1.807) is 0 Å². The second kappa shape index (κ2) is 4.71. The molecule has 5 heteroatoms. The monoisotopic (exact) mass is 293 g/mol. The van der Waals surface area contributed by atoms with Gasteiger partial charge in [0.15, 0.2) is 0 Å². The maximum absolute atomic E-state index is 12.2. The molecule has 4 aromatic rings. The average Bonchev–Trinajstić information content (AvgIpc) is 2.88. The number of para-hydroxylation sites is 1. The first kappa shape index (κ1) is 12.1. The molecule has 102 valence electrons. The molecule has 0 spiro atoms. The number of thiophene rings is 1. The van der Waals surface area contributed by atoms with E-state index in [-0.39, 0.29) is 5.56 Å². The SMILES string of the molecule is O=c1[nH]c(Nc2ccccc2)nc2c1sc1ccccc12. The largest absolute Gasteiger partial charge is 0.326 e. The molecule has 0 radical (unpaired) electrons. The van der Waals surface area contributed by atoms with Crippen molar-refractivity contribution in [2.24, 2.45) is 0 Å². The van der Waals surface area contributed by atoms with Gasteiger partial charge in [-0.2, -0.15) is 0 Å². The molecule has 21 heavy (non-hydrogen) atoms. The zero-order valence-corrected chi connectivity index (χ0v) is 11.8. The van der Waals surface area contributed by atoms with E-state index >= 15 is 0 Å². The molecular formula is C16H11N3OS. The number of rotatable bonds is 2. The van der Waals surface area contributed by atoms with Crippen LogP contribution in [0.3, 0.4) is 0 Å². The Balaban J connectivity index is 1.91. The summed E-state index contributed by atoms with van der Waals surface area (Å²) in [7, 11) is 0. The lowest BCUT2D eigenvalue weighted by Crippen LogP contribution is -2.09. The average molecular weight is 293 g/mol. The molecule has 4 nitrogen and oxygen atoms in total. The van der Waals surface area contributed by atoms with E-state index in [9.17, 15) is 4.79 Å². The smallest absolute Gasteiger partial charge is 0.270 e. The topological polar surface area (TPSA) is 57.8 Å². The van der Waals surface area contributed by atoms with Gasteiger partial charge in [-0.3, -0.25) is 9.78 Å². The van der Waals surface area contributed by atoms with Crippen molar-refractivity contribution in [3.8, 4) is 0 Å². The van der Waals surface area contributed by atoms with E-state index in [1.807, 2.05) is 54.6 Å². The van der Waals surface area contributed by atoms with Gasteiger partial charge in [0.25, 0.3) is 5.56 Å². The predicted molar refractivity (Wildman–Crippen MR) is 87.5 cm³/mol. The summed E-state index contributed by atoms with van der Waals surface area (Å²) in [6, 6.07) is 17.6. The van der Waals surface area contributed by atoms with Crippen molar-refractivity contribution >= 4 is 43.3 Å². The zero-order valence-electron chi connectivity index (χ0n) is 11.0. The highest BCUT2D eigenvalue weighted by Crippen LogP contribution is 2.30. The number of hydrogen-bond donors (Lipinski definition) is 2. The Hall–Kier alpha value is -2.66. The molecule has 0 bridgehead atoms.